The van der Waals surface area contributed by atoms with Gasteiger partial charge in [-0.05, 0) is 12.1 Å². The average molecular weight is 325 g/mol. The number of carbonyl (C=O) groups is 1. The molecule has 2 aromatic heterocycles. The molecule has 0 bridgehead atoms. The summed E-state index contributed by atoms with van der Waals surface area (Å²) in [6, 6.07) is 11.2. The minimum Gasteiger partial charge on any atom is -0.451 e. The molecule has 0 atom stereocenters. The summed E-state index contributed by atoms with van der Waals surface area (Å²) >= 11 is 0. The summed E-state index contributed by atoms with van der Waals surface area (Å²) in [6.07, 6.45) is 1.69. The molecule has 1 aromatic carbocycles. The standard InChI is InChI=1S/C17H19N5O2/c1-22(2)13-10-16(21-20-11-13)18-7-8-19-17(23)15-9-12-5-3-4-6-14(12)24-15/h3-6,9-11H,7-8H2,1-2H3,(H,18,21)(H,19,23). The fourth-order valence-electron chi connectivity index (χ4n) is 2.23. The topological polar surface area (TPSA) is 83.3 Å². The van der Waals surface area contributed by atoms with Gasteiger partial charge in [0.25, 0.3) is 5.91 Å². The Morgan fingerprint density at radius 1 is 1.21 bits per heavy atom. The van der Waals surface area contributed by atoms with E-state index in [-0.39, 0.29) is 5.91 Å². The van der Waals surface area contributed by atoms with Gasteiger partial charge < -0.3 is 20.0 Å². The second-order valence-electron chi connectivity index (χ2n) is 5.52. The van der Waals surface area contributed by atoms with E-state index in [2.05, 4.69) is 20.8 Å². The molecule has 0 saturated heterocycles. The number of anilines is 2. The maximum atomic E-state index is 12.1. The van der Waals surface area contributed by atoms with E-state index in [0.717, 1.165) is 11.1 Å². The van der Waals surface area contributed by atoms with Crippen LogP contribution in [0.3, 0.4) is 0 Å². The summed E-state index contributed by atoms with van der Waals surface area (Å²) in [4.78, 5) is 14.0. The van der Waals surface area contributed by atoms with Gasteiger partial charge in [-0.3, -0.25) is 4.79 Å². The van der Waals surface area contributed by atoms with Crippen LogP contribution in [0, 0.1) is 0 Å². The monoisotopic (exact) mass is 325 g/mol. The Balaban J connectivity index is 1.51. The zero-order valence-electron chi connectivity index (χ0n) is 13.6. The van der Waals surface area contributed by atoms with E-state index in [4.69, 9.17) is 4.42 Å². The van der Waals surface area contributed by atoms with Gasteiger partial charge in [0.1, 0.15) is 5.58 Å². The van der Waals surface area contributed by atoms with Crippen LogP contribution in [0.4, 0.5) is 11.5 Å². The lowest BCUT2D eigenvalue weighted by Gasteiger charge is -2.12. The highest BCUT2D eigenvalue weighted by Gasteiger charge is 2.11. The van der Waals surface area contributed by atoms with E-state index in [1.54, 1.807) is 12.3 Å². The first kappa shape index (κ1) is 15.8. The second-order valence-corrected chi connectivity index (χ2v) is 5.52. The Morgan fingerprint density at radius 2 is 2.04 bits per heavy atom. The van der Waals surface area contributed by atoms with Gasteiger partial charge in [0.05, 0.1) is 11.9 Å². The third-order valence-corrected chi connectivity index (χ3v) is 3.52. The molecule has 0 saturated carbocycles. The molecule has 124 valence electrons. The molecule has 2 heterocycles. The zero-order valence-corrected chi connectivity index (χ0v) is 13.6. The van der Waals surface area contributed by atoms with Gasteiger partial charge in [-0.15, -0.1) is 5.10 Å². The largest absolute Gasteiger partial charge is 0.451 e. The van der Waals surface area contributed by atoms with Crippen LogP contribution >= 0.6 is 0 Å². The van der Waals surface area contributed by atoms with Gasteiger partial charge >= 0.3 is 0 Å². The van der Waals surface area contributed by atoms with Crippen LogP contribution in [0.5, 0.6) is 0 Å². The molecule has 0 aliphatic heterocycles. The number of rotatable bonds is 6. The number of fused-ring (bicyclic) bond motifs is 1. The minimum atomic E-state index is -0.235. The molecule has 2 N–H and O–H groups in total. The van der Waals surface area contributed by atoms with Crippen molar-refractivity contribution in [2.75, 3.05) is 37.4 Å². The molecule has 0 aliphatic rings. The number of amides is 1. The van der Waals surface area contributed by atoms with Crippen molar-refractivity contribution in [2.45, 2.75) is 0 Å². The van der Waals surface area contributed by atoms with Crippen molar-refractivity contribution in [1.82, 2.24) is 15.5 Å². The number of hydrogen-bond donors (Lipinski definition) is 2. The molecule has 0 fully saturated rings. The molecule has 7 heteroatoms. The number of furan rings is 1. The van der Waals surface area contributed by atoms with Crippen molar-refractivity contribution in [3.8, 4) is 0 Å². The predicted octanol–water partition coefficient (Wildman–Crippen LogP) is 2.13. The van der Waals surface area contributed by atoms with Crippen LogP contribution in [0.25, 0.3) is 11.0 Å². The van der Waals surface area contributed by atoms with E-state index in [1.165, 1.54) is 0 Å². The average Bonchev–Trinajstić information content (AvgIpc) is 3.03. The van der Waals surface area contributed by atoms with Crippen LogP contribution in [0.2, 0.25) is 0 Å². The van der Waals surface area contributed by atoms with Gasteiger partial charge in [0.15, 0.2) is 11.6 Å². The number of nitrogens with one attached hydrogen (secondary N) is 2. The molecule has 0 radical (unpaired) electrons. The van der Waals surface area contributed by atoms with Crippen LogP contribution in [-0.2, 0) is 0 Å². The van der Waals surface area contributed by atoms with E-state index in [9.17, 15) is 4.79 Å². The molecule has 0 unspecified atom stereocenters. The van der Waals surface area contributed by atoms with Crippen molar-refractivity contribution in [3.05, 3.63) is 48.4 Å². The Labute approximate surface area is 139 Å². The molecular weight excluding hydrogens is 306 g/mol. The van der Waals surface area contributed by atoms with Crippen LogP contribution in [0.1, 0.15) is 10.6 Å². The molecule has 3 aromatic rings. The van der Waals surface area contributed by atoms with Gasteiger partial charge in [-0.25, -0.2) is 0 Å². The predicted molar refractivity (Wildman–Crippen MR) is 93.4 cm³/mol. The number of para-hydroxylation sites is 1. The van der Waals surface area contributed by atoms with E-state index in [1.807, 2.05) is 49.3 Å². The Hall–Kier alpha value is -3.09. The highest BCUT2D eigenvalue weighted by Crippen LogP contribution is 2.18. The first-order valence-corrected chi connectivity index (χ1v) is 7.64. The van der Waals surface area contributed by atoms with Crippen molar-refractivity contribution in [2.24, 2.45) is 0 Å². The minimum absolute atomic E-state index is 0.235. The van der Waals surface area contributed by atoms with Crippen molar-refractivity contribution < 1.29 is 9.21 Å². The second kappa shape index (κ2) is 6.99. The quantitative estimate of drug-likeness (QED) is 0.676. The molecule has 1 amide bonds. The molecular formula is C17H19N5O2. The molecule has 7 nitrogen and oxygen atoms in total. The lowest BCUT2D eigenvalue weighted by atomic mass is 10.2. The summed E-state index contributed by atoms with van der Waals surface area (Å²) in [5.74, 6) is 0.742. The summed E-state index contributed by atoms with van der Waals surface area (Å²) in [5, 5.41) is 14.8. The SMILES string of the molecule is CN(C)c1cnnc(NCCNC(=O)c2cc3ccccc3o2)c1. The maximum absolute atomic E-state index is 12.1. The highest BCUT2D eigenvalue weighted by atomic mass is 16.3. The Morgan fingerprint density at radius 3 is 2.83 bits per heavy atom. The fraction of sp³-hybridized carbons (Fsp3) is 0.235. The highest BCUT2D eigenvalue weighted by molar-refractivity contribution is 5.96. The van der Waals surface area contributed by atoms with Gasteiger partial charge in [0, 0.05) is 38.6 Å². The lowest BCUT2D eigenvalue weighted by molar-refractivity contribution is 0.0929. The van der Waals surface area contributed by atoms with E-state index < -0.39 is 0 Å². The van der Waals surface area contributed by atoms with Crippen LogP contribution < -0.4 is 15.5 Å². The Kier molecular flexibility index (Phi) is 4.60. The summed E-state index contributed by atoms with van der Waals surface area (Å²) in [6.45, 7) is 0.987. The van der Waals surface area contributed by atoms with Crippen molar-refractivity contribution in [3.63, 3.8) is 0 Å². The first-order valence-electron chi connectivity index (χ1n) is 7.64. The van der Waals surface area contributed by atoms with Crippen LogP contribution in [-0.4, -0.2) is 43.3 Å². The van der Waals surface area contributed by atoms with Crippen LogP contribution in [0.15, 0.2) is 47.0 Å². The molecule has 3 rings (SSSR count). The van der Waals surface area contributed by atoms with Gasteiger partial charge in [-0.1, -0.05) is 18.2 Å². The summed E-state index contributed by atoms with van der Waals surface area (Å²) < 4.78 is 5.53. The van der Waals surface area contributed by atoms with Crippen molar-refractivity contribution in [1.29, 1.82) is 0 Å². The van der Waals surface area contributed by atoms with Gasteiger partial charge in [-0.2, -0.15) is 5.10 Å². The lowest BCUT2D eigenvalue weighted by Crippen LogP contribution is -2.28. The van der Waals surface area contributed by atoms with E-state index in [0.29, 0.717) is 30.3 Å². The third kappa shape index (κ3) is 3.62. The normalized spacial score (nSPS) is 10.6. The third-order valence-electron chi connectivity index (χ3n) is 3.52. The molecule has 0 aliphatic carbocycles. The maximum Gasteiger partial charge on any atom is 0.287 e. The van der Waals surface area contributed by atoms with E-state index >= 15 is 0 Å². The zero-order chi connectivity index (χ0) is 16.9. The number of aromatic nitrogens is 2. The summed E-state index contributed by atoms with van der Waals surface area (Å²) in [7, 11) is 3.88. The number of hydrogen-bond acceptors (Lipinski definition) is 6. The fourth-order valence-corrected chi connectivity index (χ4v) is 2.23. The molecule has 0 spiro atoms. The molecule has 24 heavy (non-hydrogen) atoms. The van der Waals surface area contributed by atoms with Gasteiger partial charge in [0.2, 0.25) is 0 Å². The number of carbonyl (C=O) groups excluding carboxylic acids is 1. The Bertz CT molecular complexity index is 811. The smallest absolute Gasteiger partial charge is 0.287 e. The number of benzene rings is 1. The first-order chi connectivity index (χ1) is 11.6. The summed E-state index contributed by atoms with van der Waals surface area (Å²) in [5.41, 5.74) is 1.66. The van der Waals surface area contributed by atoms with Crippen molar-refractivity contribution >= 4 is 28.4 Å². The number of nitrogens with zero attached hydrogens (tertiary/aromatic N) is 3.